The maximum absolute atomic E-state index is 4.58. The highest BCUT2D eigenvalue weighted by atomic mass is 14.7. The highest BCUT2D eigenvalue weighted by molar-refractivity contribution is 6.25. The molecule has 3 nitrogen and oxygen atoms in total. The first-order valence-corrected chi connectivity index (χ1v) is 30.8. The summed E-state index contributed by atoms with van der Waals surface area (Å²) in [6.45, 7) is 20.0. The third-order valence-electron chi connectivity index (χ3n) is 14.5. The molecule has 0 atom stereocenters. The van der Waals surface area contributed by atoms with Gasteiger partial charge in [0, 0.05) is 44.7 Å². The van der Waals surface area contributed by atoms with Crippen molar-refractivity contribution in [3.63, 3.8) is 0 Å². The molecule has 1 aliphatic rings. The molecule has 16 aromatic rings. The van der Waals surface area contributed by atoms with Gasteiger partial charge in [0.25, 0.3) is 0 Å². The quantitative estimate of drug-likeness (QED) is 0.112. The van der Waals surface area contributed by atoms with Crippen LogP contribution in [0.15, 0.2) is 298 Å². The van der Waals surface area contributed by atoms with Crippen LogP contribution in [0.2, 0.25) is 0 Å². The zero-order valence-corrected chi connectivity index (χ0v) is 51.6. The van der Waals surface area contributed by atoms with Gasteiger partial charge in [0.1, 0.15) is 0 Å². The molecule has 0 saturated carbocycles. The van der Waals surface area contributed by atoms with Crippen LogP contribution in [0.3, 0.4) is 0 Å². The lowest BCUT2D eigenvalue weighted by Crippen LogP contribution is -1.81. The molecule has 0 spiro atoms. The molecule has 86 heavy (non-hydrogen) atoms. The smallest absolute Gasteiger partial charge is 0.0780 e. The minimum Gasteiger partial charge on any atom is -0.256 e. The van der Waals surface area contributed by atoms with E-state index in [2.05, 4.69) is 239 Å². The molecule has 3 heterocycles. The van der Waals surface area contributed by atoms with Gasteiger partial charge in [0.2, 0.25) is 0 Å². The lowest BCUT2D eigenvalue weighted by molar-refractivity contribution is 1.43. The Labute approximate surface area is 509 Å². The third kappa shape index (κ3) is 13.6. The van der Waals surface area contributed by atoms with E-state index in [0.29, 0.717) is 0 Å². The van der Waals surface area contributed by atoms with Gasteiger partial charge in [-0.3, -0.25) is 9.97 Å². The average molecular weight is 1120 g/mol. The number of para-hydroxylation sites is 3. The summed E-state index contributed by atoms with van der Waals surface area (Å²) in [6.07, 6.45) is 3.77. The van der Waals surface area contributed by atoms with E-state index < -0.39 is 0 Å². The second-order valence-corrected chi connectivity index (χ2v) is 19.0. The van der Waals surface area contributed by atoms with Crippen LogP contribution in [-0.2, 0) is 0 Å². The molecule has 0 amide bonds. The Bertz CT molecular complexity index is 4160. The number of pyridine rings is 3. The van der Waals surface area contributed by atoms with E-state index in [1.807, 2.05) is 142 Å². The van der Waals surface area contributed by atoms with Crippen LogP contribution >= 0.6 is 0 Å². The minimum atomic E-state index is 1.06. The van der Waals surface area contributed by atoms with Gasteiger partial charge in [-0.05, 0) is 106 Å². The summed E-state index contributed by atoms with van der Waals surface area (Å²) >= 11 is 0. The minimum absolute atomic E-state index is 1.06. The molecule has 0 unspecified atom stereocenters. The van der Waals surface area contributed by atoms with Crippen molar-refractivity contribution in [2.75, 3.05) is 0 Å². The van der Waals surface area contributed by atoms with Gasteiger partial charge in [0.15, 0.2) is 0 Å². The van der Waals surface area contributed by atoms with Crippen LogP contribution < -0.4 is 0 Å². The number of rotatable bonds is 0. The predicted octanol–water partition coefficient (Wildman–Crippen LogP) is 24.9. The van der Waals surface area contributed by atoms with Crippen molar-refractivity contribution in [3.8, 4) is 22.3 Å². The average Bonchev–Trinajstić information content (AvgIpc) is 2.35. The van der Waals surface area contributed by atoms with E-state index in [0.717, 1.165) is 22.1 Å². The summed E-state index contributed by atoms with van der Waals surface area (Å²) in [5.41, 5.74) is 9.77. The highest BCUT2D eigenvalue weighted by Gasteiger charge is 2.19. The van der Waals surface area contributed by atoms with Crippen molar-refractivity contribution >= 4 is 108 Å². The molecule has 3 aromatic heterocycles. The summed E-state index contributed by atoms with van der Waals surface area (Å²) in [5.74, 6) is 0. The predicted molar refractivity (Wildman–Crippen MR) is 382 cm³/mol. The Morgan fingerprint density at radius 1 is 0.209 bits per heavy atom. The normalized spacial score (nSPS) is 10.2. The van der Waals surface area contributed by atoms with E-state index in [-0.39, 0.29) is 0 Å². The molecular formula is C83H79N3. The Kier molecular flexibility index (Phi) is 22.7. The van der Waals surface area contributed by atoms with Gasteiger partial charge in [-0.2, -0.15) is 0 Å². The summed E-state index contributed by atoms with van der Waals surface area (Å²) in [4.78, 5) is 13.4. The standard InChI is InChI=1S/C18H12.C16H10.3C13H9N.5C2H6/c1-2-8-14-13(7-1)15-9-3-4-11-17(15)18-12-6-5-10-16(14)18;1-2-8-13-12(7-1)14-9-3-5-11-6-4-10-15(13)16(11)14;1-3-7-12-10(5-1)9-11-6-2-4-8-13(11)14-12;1-2-6-11-10(5-1)9-14-13-8-4-3-7-12(11)13;1-2-6-12-10(4-1)7-8-11-5-3-9-14-13(11)12;5*1-2/h1-12H;1-10H;3*1-9H;5*1-2H3. The largest absolute Gasteiger partial charge is 0.256 e. The fourth-order valence-electron chi connectivity index (χ4n) is 10.9. The lowest BCUT2D eigenvalue weighted by Gasteiger charge is -2.09. The molecule has 1 aliphatic carbocycles. The fraction of sp³-hybridized carbons (Fsp3) is 0.120. The molecule has 0 N–H and O–H groups in total. The Balaban J connectivity index is 0.000000135. The highest BCUT2D eigenvalue weighted by Crippen LogP contribution is 2.46. The number of nitrogens with zero attached hydrogens (tertiary/aromatic N) is 3. The van der Waals surface area contributed by atoms with Crippen LogP contribution in [0.4, 0.5) is 0 Å². The van der Waals surface area contributed by atoms with Crippen molar-refractivity contribution in [1.29, 1.82) is 0 Å². The Morgan fingerprint density at radius 2 is 0.547 bits per heavy atom. The first-order valence-electron chi connectivity index (χ1n) is 30.8. The Morgan fingerprint density at radius 3 is 1.03 bits per heavy atom. The van der Waals surface area contributed by atoms with Crippen LogP contribution in [0.25, 0.3) is 131 Å². The van der Waals surface area contributed by atoms with Crippen LogP contribution in [0.5, 0.6) is 0 Å². The van der Waals surface area contributed by atoms with Crippen LogP contribution in [-0.4, -0.2) is 15.0 Å². The summed E-state index contributed by atoms with van der Waals surface area (Å²) in [5, 5.41) is 20.6. The number of aromatic nitrogens is 3. The van der Waals surface area contributed by atoms with E-state index in [1.54, 1.807) is 0 Å². The molecule has 17 rings (SSSR count). The topological polar surface area (TPSA) is 38.7 Å². The molecule has 3 heteroatoms. The molecular weight excluding hydrogens is 1040 g/mol. The van der Waals surface area contributed by atoms with Crippen molar-refractivity contribution in [2.45, 2.75) is 69.2 Å². The lowest BCUT2D eigenvalue weighted by atomic mass is 9.95. The number of hydrogen-bond donors (Lipinski definition) is 0. The molecule has 0 radical (unpaired) electrons. The van der Waals surface area contributed by atoms with Crippen LogP contribution in [0.1, 0.15) is 69.2 Å². The first-order chi connectivity index (χ1) is 42.7. The van der Waals surface area contributed by atoms with E-state index in [4.69, 9.17) is 0 Å². The number of benzene rings is 13. The van der Waals surface area contributed by atoms with Gasteiger partial charge in [-0.1, -0.05) is 324 Å². The zero-order valence-electron chi connectivity index (χ0n) is 51.6. The molecule has 0 saturated heterocycles. The van der Waals surface area contributed by atoms with Gasteiger partial charge in [0.05, 0.1) is 22.1 Å². The maximum atomic E-state index is 4.58. The van der Waals surface area contributed by atoms with Crippen molar-refractivity contribution in [3.05, 3.63) is 298 Å². The first kappa shape index (κ1) is 62.0. The second kappa shape index (κ2) is 31.5. The summed E-state index contributed by atoms with van der Waals surface area (Å²) < 4.78 is 0. The third-order valence-corrected chi connectivity index (χ3v) is 14.5. The van der Waals surface area contributed by atoms with Crippen LogP contribution in [0, 0.1) is 0 Å². The van der Waals surface area contributed by atoms with Gasteiger partial charge >= 0.3 is 0 Å². The van der Waals surface area contributed by atoms with Crippen molar-refractivity contribution < 1.29 is 0 Å². The Hall–Kier alpha value is -10.1. The molecule has 0 bridgehead atoms. The van der Waals surface area contributed by atoms with Crippen molar-refractivity contribution in [1.82, 2.24) is 15.0 Å². The second-order valence-electron chi connectivity index (χ2n) is 19.0. The van der Waals surface area contributed by atoms with Crippen molar-refractivity contribution in [2.24, 2.45) is 0 Å². The molecule has 0 aliphatic heterocycles. The molecule has 13 aromatic carbocycles. The zero-order chi connectivity index (χ0) is 60.6. The van der Waals surface area contributed by atoms with E-state index in [1.165, 1.54) is 108 Å². The molecule has 426 valence electrons. The number of fused-ring (bicyclic) bond motifs is 17. The monoisotopic (exact) mass is 1120 g/mol. The summed E-state index contributed by atoms with van der Waals surface area (Å²) in [7, 11) is 0. The van der Waals surface area contributed by atoms with E-state index >= 15 is 0 Å². The fourth-order valence-corrected chi connectivity index (χ4v) is 10.9. The summed E-state index contributed by atoms with van der Waals surface area (Å²) in [6, 6.07) is 99.5. The van der Waals surface area contributed by atoms with Gasteiger partial charge in [-0.15, -0.1) is 0 Å². The van der Waals surface area contributed by atoms with Gasteiger partial charge < -0.3 is 0 Å². The number of hydrogen-bond acceptors (Lipinski definition) is 3. The van der Waals surface area contributed by atoms with Gasteiger partial charge in [-0.25, -0.2) is 4.98 Å². The SMILES string of the molecule is CC.CC.CC.CC.CC.c1ccc2c(c1)-c1cccc3cccc-2c13.c1ccc2c(c1)c1ccccc1c1ccccc21.c1ccc2c(c1)ccc1cccnc12.c1ccc2c(c1)cnc1ccccc12.c1ccc2nc3ccccc3cc2c1. The maximum Gasteiger partial charge on any atom is 0.0780 e. The molecule has 0 fully saturated rings. The van der Waals surface area contributed by atoms with E-state index in [9.17, 15) is 0 Å².